The first kappa shape index (κ1) is 27.7. The standard InChI is InChI=1S/C24H23ClF5N2O4S/c1-37(35)32(34)23(33)18-11-17(13-2-3-13)14(8-20(18)26)12-31-6-4-16(5-7-31)36-21-10-15(24(28,29)30)9-19(25)22(21)27/h8-11,13,16H,2-7,12H2,1H3/q-1. The van der Waals surface area contributed by atoms with Crippen LogP contribution in [0.5, 0.6) is 5.75 Å². The van der Waals surface area contributed by atoms with Crippen LogP contribution in [0.25, 0.3) is 0 Å². The number of hydroxylamine groups is 1. The third-order valence-electron chi connectivity index (χ3n) is 6.42. The number of benzene rings is 2. The van der Waals surface area contributed by atoms with Gasteiger partial charge in [-0.25, -0.2) is 13.0 Å². The minimum atomic E-state index is -4.70. The van der Waals surface area contributed by atoms with Gasteiger partial charge in [0, 0.05) is 25.9 Å². The maximum absolute atomic E-state index is 14.8. The minimum Gasteiger partial charge on any atom is -0.744 e. The van der Waals surface area contributed by atoms with Crippen LogP contribution in [0.2, 0.25) is 5.02 Å². The van der Waals surface area contributed by atoms with Crippen LogP contribution >= 0.6 is 11.6 Å². The van der Waals surface area contributed by atoms with Crippen molar-refractivity contribution < 1.29 is 35.7 Å². The number of hydrogen-bond acceptors (Lipinski definition) is 5. The Labute approximate surface area is 217 Å². The molecule has 2 aromatic carbocycles. The highest BCUT2D eigenvalue weighted by Crippen LogP contribution is 2.43. The number of piperidine rings is 1. The Morgan fingerprint density at radius 2 is 1.81 bits per heavy atom. The summed E-state index contributed by atoms with van der Waals surface area (Å²) in [4.78, 5) is 14.3. The third kappa shape index (κ3) is 6.42. The van der Waals surface area contributed by atoms with Gasteiger partial charge in [0.1, 0.15) is 22.9 Å². The van der Waals surface area contributed by atoms with Crippen molar-refractivity contribution >= 4 is 28.5 Å². The Bertz CT molecular complexity index is 1220. The van der Waals surface area contributed by atoms with E-state index in [2.05, 4.69) is 0 Å². The molecule has 1 heterocycles. The molecule has 2 fully saturated rings. The molecular formula is C24H23ClF5N2O4S-. The highest BCUT2D eigenvalue weighted by atomic mass is 35.5. The van der Waals surface area contributed by atoms with E-state index in [1.807, 2.05) is 4.90 Å². The van der Waals surface area contributed by atoms with Gasteiger partial charge in [-0.1, -0.05) is 11.6 Å². The summed E-state index contributed by atoms with van der Waals surface area (Å²) >= 11 is 5.63. The molecule has 37 heavy (non-hydrogen) atoms. The van der Waals surface area contributed by atoms with Gasteiger partial charge in [0.15, 0.2) is 11.6 Å². The topological polar surface area (TPSA) is 72.9 Å². The highest BCUT2D eigenvalue weighted by molar-refractivity contribution is 7.82. The molecule has 1 aliphatic heterocycles. The molecule has 1 unspecified atom stereocenters. The van der Waals surface area contributed by atoms with Gasteiger partial charge in [0.25, 0.3) is 5.91 Å². The van der Waals surface area contributed by atoms with Crippen LogP contribution in [0.15, 0.2) is 24.3 Å². The molecule has 1 aliphatic carbocycles. The Morgan fingerprint density at radius 3 is 2.38 bits per heavy atom. The van der Waals surface area contributed by atoms with E-state index in [0.29, 0.717) is 50.2 Å². The predicted molar refractivity (Wildman–Crippen MR) is 127 cm³/mol. The van der Waals surface area contributed by atoms with Crippen LogP contribution < -0.4 is 4.74 Å². The van der Waals surface area contributed by atoms with Gasteiger partial charge in [-0.15, -0.1) is 0 Å². The molecule has 0 bridgehead atoms. The van der Waals surface area contributed by atoms with Gasteiger partial charge >= 0.3 is 6.18 Å². The second-order valence-corrected chi connectivity index (χ2v) is 10.7. The molecule has 4 rings (SSSR count). The van der Waals surface area contributed by atoms with Crippen molar-refractivity contribution in [3.8, 4) is 5.75 Å². The number of nitrogens with zero attached hydrogens (tertiary/aromatic N) is 2. The summed E-state index contributed by atoms with van der Waals surface area (Å²) in [6, 6.07) is 3.69. The number of likely N-dealkylation sites (tertiary alicyclic amines) is 1. The lowest BCUT2D eigenvalue weighted by atomic mass is 9.97. The molecule has 1 saturated carbocycles. The average Bonchev–Trinajstić information content (AvgIpc) is 3.67. The van der Waals surface area contributed by atoms with Crippen LogP contribution in [0.4, 0.5) is 22.0 Å². The lowest BCUT2D eigenvalue weighted by Crippen LogP contribution is -2.38. The van der Waals surface area contributed by atoms with Crippen molar-refractivity contribution in [3.05, 3.63) is 68.4 Å². The number of ether oxygens (including phenoxy) is 1. The number of hydrogen-bond donors (Lipinski definition) is 0. The number of rotatable bonds is 7. The molecule has 202 valence electrons. The number of carbonyl (C=O) groups is 1. The molecule has 0 radical (unpaired) electrons. The molecule has 6 nitrogen and oxygen atoms in total. The van der Waals surface area contributed by atoms with E-state index >= 15 is 0 Å². The van der Waals surface area contributed by atoms with Crippen molar-refractivity contribution in [2.24, 2.45) is 0 Å². The number of alkyl halides is 3. The highest BCUT2D eigenvalue weighted by Gasteiger charge is 2.34. The number of amides is 1. The first-order chi connectivity index (χ1) is 17.3. The van der Waals surface area contributed by atoms with E-state index < -0.39 is 62.7 Å². The fraction of sp³-hybridized carbons (Fsp3) is 0.458. The molecule has 0 aromatic heterocycles. The summed E-state index contributed by atoms with van der Waals surface area (Å²) < 4.78 is 84.9. The summed E-state index contributed by atoms with van der Waals surface area (Å²) in [7, 11) is -2.13. The van der Waals surface area contributed by atoms with E-state index in [4.69, 9.17) is 16.3 Å². The van der Waals surface area contributed by atoms with Crippen molar-refractivity contribution in [1.82, 2.24) is 9.37 Å². The first-order valence-corrected chi connectivity index (χ1v) is 13.4. The molecule has 0 N–H and O–H groups in total. The summed E-state index contributed by atoms with van der Waals surface area (Å²) in [6.45, 7) is 1.25. The average molecular weight is 566 g/mol. The minimum absolute atomic E-state index is 0.129. The van der Waals surface area contributed by atoms with Gasteiger partial charge < -0.3 is 14.4 Å². The van der Waals surface area contributed by atoms with Crippen molar-refractivity contribution in [2.75, 3.05) is 19.3 Å². The molecule has 1 amide bonds. The predicted octanol–water partition coefficient (Wildman–Crippen LogP) is 5.79. The second kappa shape index (κ2) is 10.8. The zero-order valence-corrected chi connectivity index (χ0v) is 21.2. The Kier molecular flexibility index (Phi) is 8.13. The molecule has 0 spiro atoms. The quantitative estimate of drug-likeness (QED) is 0.314. The smallest absolute Gasteiger partial charge is 0.416 e. The molecule has 2 aliphatic rings. The molecular weight excluding hydrogens is 543 g/mol. The Hall–Kier alpha value is -2.28. The van der Waals surface area contributed by atoms with Crippen LogP contribution in [0.3, 0.4) is 0 Å². The van der Waals surface area contributed by atoms with Gasteiger partial charge in [-0.05, 0) is 67.0 Å². The van der Waals surface area contributed by atoms with Crippen molar-refractivity contribution in [3.63, 3.8) is 0 Å². The van der Waals surface area contributed by atoms with E-state index in [0.717, 1.165) is 24.7 Å². The number of carbonyl (C=O) groups excluding carboxylic acids is 1. The molecule has 1 atom stereocenters. The Balaban J connectivity index is 1.44. The maximum Gasteiger partial charge on any atom is 0.416 e. The maximum atomic E-state index is 14.8. The van der Waals surface area contributed by atoms with E-state index in [-0.39, 0.29) is 10.4 Å². The molecule has 13 heteroatoms. The largest absolute Gasteiger partial charge is 0.744 e. The normalized spacial score (nSPS) is 18.1. The van der Waals surface area contributed by atoms with Crippen molar-refractivity contribution in [2.45, 2.75) is 50.4 Å². The van der Waals surface area contributed by atoms with Gasteiger partial charge in [0.05, 0.1) is 16.1 Å². The van der Waals surface area contributed by atoms with E-state index in [1.165, 1.54) is 12.1 Å². The zero-order valence-electron chi connectivity index (χ0n) is 19.6. The summed E-state index contributed by atoms with van der Waals surface area (Å²) in [6.07, 6.45) is -1.72. The van der Waals surface area contributed by atoms with Gasteiger partial charge in [-0.3, -0.25) is 9.69 Å². The third-order valence-corrected chi connectivity index (χ3v) is 7.33. The first-order valence-electron chi connectivity index (χ1n) is 11.5. The lowest BCUT2D eigenvalue weighted by molar-refractivity contribution is -0.137. The molecule has 1 saturated heterocycles. The Morgan fingerprint density at radius 1 is 1.16 bits per heavy atom. The van der Waals surface area contributed by atoms with E-state index in [9.17, 15) is 36.2 Å². The van der Waals surface area contributed by atoms with Crippen LogP contribution in [-0.2, 0) is 23.7 Å². The zero-order chi connectivity index (χ0) is 27.1. The monoisotopic (exact) mass is 565 g/mol. The number of halogens is 6. The van der Waals surface area contributed by atoms with Crippen molar-refractivity contribution in [1.29, 1.82) is 0 Å². The van der Waals surface area contributed by atoms with Crippen LogP contribution in [0.1, 0.15) is 58.6 Å². The SMILES string of the molecule is CS(=O)N([O-])C(=O)c1cc(C2CC2)c(CN2CCC(Oc3cc(C(F)(F)F)cc(Cl)c3F)CC2)cc1F. The summed E-state index contributed by atoms with van der Waals surface area (Å²) in [5.41, 5.74) is -0.126. The summed E-state index contributed by atoms with van der Waals surface area (Å²) in [5, 5.41) is 11.1. The molecule has 2 aromatic rings. The fourth-order valence-electron chi connectivity index (χ4n) is 4.34. The van der Waals surface area contributed by atoms with Gasteiger partial charge in [-0.2, -0.15) is 13.2 Å². The second-order valence-electron chi connectivity index (χ2n) is 9.15. The van der Waals surface area contributed by atoms with Crippen LogP contribution in [0, 0.1) is 16.8 Å². The van der Waals surface area contributed by atoms with Gasteiger partial charge in [0.2, 0.25) is 0 Å². The van der Waals surface area contributed by atoms with E-state index in [1.54, 1.807) is 0 Å². The fourth-order valence-corrected chi connectivity index (χ4v) is 4.88. The lowest BCUT2D eigenvalue weighted by Gasteiger charge is -2.33. The summed E-state index contributed by atoms with van der Waals surface area (Å²) in [5.74, 6) is -3.57. The van der Waals surface area contributed by atoms with Crippen LogP contribution in [-0.4, -0.2) is 44.9 Å².